The first-order chi connectivity index (χ1) is 21.2. The van der Waals surface area contributed by atoms with E-state index in [1.165, 1.54) is 83.5 Å². The Morgan fingerprint density at radius 3 is 1.91 bits per heavy atom. The molecule has 3 nitrogen and oxygen atoms in total. The number of rotatable bonds is 12. The summed E-state index contributed by atoms with van der Waals surface area (Å²) in [5.41, 5.74) is 0.782. The van der Waals surface area contributed by atoms with Crippen molar-refractivity contribution >= 4 is 11.8 Å². The minimum Gasteiger partial charge on any atom is -0.465 e. The normalized spacial score (nSPS) is 43.9. The average molecular weight is 625 g/mol. The fraction of sp³-hybridized carbons (Fsp3) is 0.952. The zero-order chi connectivity index (χ0) is 32.7. The summed E-state index contributed by atoms with van der Waals surface area (Å²) in [6.45, 7) is 20.5. The molecule has 5 aliphatic carbocycles. The molecule has 0 spiro atoms. The maximum atomic E-state index is 14.3. The van der Waals surface area contributed by atoms with Crippen molar-refractivity contribution in [2.24, 2.45) is 56.2 Å². The van der Waals surface area contributed by atoms with Gasteiger partial charge in [0.25, 0.3) is 0 Å². The fourth-order valence-corrected chi connectivity index (χ4v) is 13.1. The number of carbonyl (C=O) groups is 2. The lowest BCUT2D eigenvalue weighted by Crippen LogP contribution is -2.69. The third-order valence-corrected chi connectivity index (χ3v) is 16.4. The Balaban J connectivity index is 1.27. The van der Waals surface area contributed by atoms with Gasteiger partial charge in [-0.3, -0.25) is 9.59 Å². The van der Waals surface area contributed by atoms with E-state index in [4.69, 9.17) is 4.74 Å². The van der Waals surface area contributed by atoms with Crippen LogP contribution in [-0.2, 0) is 14.3 Å². The molecule has 5 rings (SSSR count). The molecule has 258 valence electrons. The summed E-state index contributed by atoms with van der Waals surface area (Å²) in [4.78, 5) is 27.3. The van der Waals surface area contributed by atoms with Gasteiger partial charge < -0.3 is 4.74 Å². The third-order valence-electron chi connectivity index (χ3n) is 16.4. The molecule has 0 aromatic heterocycles. The van der Waals surface area contributed by atoms with Gasteiger partial charge in [0.2, 0.25) is 0 Å². The summed E-state index contributed by atoms with van der Waals surface area (Å²) in [5, 5.41) is 0. The standard InChI is InChI=1S/C42H72O3/c1-9-10-11-12-13-14-15-16-17-18-29-45-36(44)42-27-23-37(3,4)30-35(42)41(8)25-24-39(6)33-20-19-32(43)31(2)38(33,5)22-21-34(39)40(41,7)26-28-42/h31,33-35H,9-30H2,1-8H3/t31-,33+,34-,35-,38+,39-,40+,41-,42-/m0/s1. The van der Waals surface area contributed by atoms with Gasteiger partial charge in [0.1, 0.15) is 5.78 Å². The smallest absolute Gasteiger partial charge is 0.312 e. The molecule has 0 saturated heterocycles. The molecule has 3 heteroatoms. The van der Waals surface area contributed by atoms with Crippen LogP contribution in [0.25, 0.3) is 0 Å². The number of carbonyl (C=O) groups excluding carboxylic acids is 2. The number of ketones is 1. The molecule has 0 aliphatic heterocycles. The number of esters is 1. The molecule has 9 atom stereocenters. The monoisotopic (exact) mass is 625 g/mol. The first-order valence-electron chi connectivity index (χ1n) is 19.9. The molecule has 0 amide bonds. The molecular weight excluding hydrogens is 552 g/mol. The largest absolute Gasteiger partial charge is 0.465 e. The van der Waals surface area contributed by atoms with Crippen LogP contribution in [-0.4, -0.2) is 18.4 Å². The Bertz CT molecular complexity index is 1060. The Morgan fingerprint density at radius 2 is 1.24 bits per heavy atom. The quantitative estimate of drug-likeness (QED) is 0.160. The molecular formula is C42H72O3. The number of unbranched alkanes of at least 4 members (excludes halogenated alkanes) is 9. The Labute approximate surface area is 278 Å². The van der Waals surface area contributed by atoms with Gasteiger partial charge in [-0.1, -0.05) is 113 Å². The van der Waals surface area contributed by atoms with E-state index < -0.39 is 0 Å². The lowest BCUT2D eigenvalue weighted by molar-refractivity contribution is -0.260. The first kappa shape index (κ1) is 35.4. The molecule has 0 heterocycles. The van der Waals surface area contributed by atoms with Crippen LogP contribution in [0.5, 0.6) is 0 Å². The zero-order valence-electron chi connectivity index (χ0n) is 31.1. The van der Waals surface area contributed by atoms with E-state index >= 15 is 0 Å². The lowest BCUT2D eigenvalue weighted by Gasteiger charge is -2.74. The van der Waals surface area contributed by atoms with Gasteiger partial charge in [0.15, 0.2) is 0 Å². The van der Waals surface area contributed by atoms with Crippen LogP contribution in [0.1, 0.15) is 190 Å². The van der Waals surface area contributed by atoms with Crippen molar-refractivity contribution in [3.63, 3.8) is 0 Å². The number of hydrogen-bond acceptors (Lipinski definition) is 3. The van der Waals surface area contributed by atoms with Crippen molar-refractivity contribution in [2.75, 3.05) is 6.61 Å². The van der Waals surface area contributed by atoms with Crippen molar-refractivity contribution in [1.82, 2.24) is 0 Å². The molecule has 0 aromatic rings. The predicted octanol–water partition coefficient (Wildman–Crippen LogP) is 11.9. The third kappa shape index (κ3) is 6.02. The highest BCUT2D eigenvalue weighted by Crippen LogP contribution is 2.78. The van der Waals surface area contributed by atoms with E-state index in [0.717, 1.165) is 51.4 Å². The van der Waals surface area contributed by atoms with Crippen LogP contribution in [0.2, 0.25) is 0 Å². The van der Waals surface area contributed by atoms with Crippen LogP contribution in [0.4, 0.5) is 0 Å². The van der Waals surface area contributed by atoms with E-state index in [-0.39, 0.29) is 44.4 Å². The van der Waals surface area contributed by atoms with Gasteiger partial charge in [0.05, 0.1) is 12.0 Å². The highest BCUT2D eigenvalue weighted by Gasteiger charge is 2.72. The SMILES string of the molecule is CCCCCCCCCCCCOC(=O)[C@]12CCC(C)(C)C[C@H]1[C@]1(C)CC[C@@]3(C)[C@@H]4CCC(=O)[C@H](C)[C@@]4(C)CC[C@@H]3[C@@]1(C)CC2. The molecule has 5 fully saturated rings. The second-order valence-electron chi connectivity index (χ2n) is 19.1. The molecule has 0 unspecified atom stereocenters. The van der Waals surface area contributed by atoms with Gasteiger partial charge in [-0.25, -0.2) is 0 Å². The van der Waals surface area contributed by atoms with Gasteiger partial charge >= 0.3 is 5.97 Å². The number of ether oxygens (including phenoxy) is 1. The molecule has 0 radical (unpaired) electrons. The van der Waals surface area contributed by atoms with E-state index in [9.17, 15) is 9.59 Å². The number of Topliss-reactive ketones (excluding diaryl/α,β-unsaturated/α-hetero) is 1. The van der Waals surface area contributed by atoms with Crippen molar-refractivity contribution in [3.05, 3.63) is 0 Å². The van der Waals surface area contributed by atoms with Crippen molar-refractivity contribution in [3.8, 4) is 0 Å². The number of fused-ring (bicyclic) bond motifs is 7. The second kappa shape index (κ2) is 13.2. The summed E-state index contributed by atoms with van der Waals surface area (Å²) < 4.78 is 6.30. The first-order valence-corrected chi connectivity index (χ1v) is 19.9. The van der Waals surface area contributed by atoms with E-state index in [2.05, 4.69) is 55.4 Å². The highest BCUT2D eigenvalue weighted by molar-refractivity contribution is 5.82. The van der Waals surface area contributed by atoms with Crippen LogP contribution >= 0.6 is 0 Å². The van der Waals surface area contributed by atoms with Crippen LogP contribution in [0.15, 0.2) is 0 Å². The minimum atomic E-state index is -0.301. The topological polar surface area (TPSA) is 43.4 Å². The molecule has 0 N–H and O–H groups in total. The van der Waals surface area contributed by atoms with E-state index in [1.54, 1.807) is 0 Å². The average Bonchev–Trinajstić information content (AvgIpc) is 2.99. The molecule has 5 aliphatic rings. The maximum Gasteiger partial charge on any atom is 0.312 e. The van der Waals surface area contributed by atoms with Gasteiger partial charge in [-0.05, 0) is 115 Å². The summed E-state index contributed by atoms with van der Waals surface area (Å²) in [6.07, 6.45) is 25.3. The molecule has 5 saturated carbocycles. The number of hydrogen-bond donors (Lipinski definition) is 0. The van der Waals surface area contributed by atoms with E-state index in [1.807, 2.05) is 0 Å². The Morgan fingerprint density at radius 1 is 0.667 bits per heavy atom. The predicted molar refractivity (Wildman–Crippen MR) is 187 cm³/mol. The summed E-state index contributed by atoms with van der Waals surface area (Å²) >= 11 is 0. The Hall–Kier alpha value is -0.860. The van der Waals surface area contributed by atoms with Gasteiger partial charge in [-0.2, -0.15) is 0 Å². The summed E-state index contributed by atoms with van der Waals surface area (Å²) in [5.74, 6) is 2.57. The molecule has 0 aromatic carbocycles. The van der Waals surface area contributed by atoms with Crippen molar-refractivity contribution in [1.29, 1.82) is 0 Å². The Kier molecular flexibility index (Phi) is 10.4. The second-order valence-corrected chi connectivity index (χ2v) is 19.1. The summed E-state index contributed by atoms with van der Waals surface area (Å²) in [7, 11) is 0. The lowest BCUT2D eigenvalue weighted by atomic mass is 9.30. The van der Waals surface area contributed by atoms with Gasteiger partial charge in [-0.15, -0.1) is 0 Å². The van der Waals surface area contributed by atoms with Crippen molar-refractivity contribution < 1.29 is 14.3 Å². The molecule has 45 heavy (non-hydrogen) atoms. The van der Waals surface area contributed by atoms with Crippen LogP contribution in [0, 0.1) is 56.2 Å². The molecule has 0 bridgehead atoms. The zero-order valence-corrected chi connectivity index (χ0v) is 31.1. The van der Waals surface area contributed by atoms with E-state index in [0.29, 0.717) is 30.1 Å². The van der Waals surface area contributed by atoms with Crippen LogP contribution in [0.3, 0.4) is 0 Å². The van der Waals surface area contributed by atoms with Crippen LogP contribution < -0.4 is 0 Å². The highest BCUT2D eigenvalue weighted by atomic mass is 16.5. The maximum absolute atomic E-state index is 14.3. The minimum absolute atomic E-state index is 0.146. The van der Waals surface area contributed by atoms with Gasteiger partial charge in [0, 0.05) is 12.3 Å². The van der Waals surface area contributed by atoms with Crippen molar-refractivity contribution in [2.45, 2.75) is 190 Å². The summed E-state index contributed by atoms with van der Waals surface area (Å²) in [6, 6.07) is 0. The fourth-order valence-electron chi connectivity index (χ4n) is 13.1.